The number of sulfonamides is 1. The zero-order valence-corrected chi connectivity index (χ0v) is 23.3. The highest BCUT2D eigenvalue weighted by Gasteiger charge is 2.42. The molecule has 1 aliphatic carbocycles. The Morgan fingerprint density at radius 3 is 2.49 bits per heavy atom. The summed E-state index contributed by atoms with van der Waals surface area (Å²) >= 11 is 0. The number of hydrogen-bond donors (Lipinski definition) is 2. The summed E-state index contributed by atoms with van der Waals surface area (Å²) in [5.74, 6) is 0.145. The molecule has 0 bridgehead atoms. The third-order valence-corrected chi connectivity index (χ3v) is 9.81. The molecule has 2 heterocycles. The number of carbonyl (C=O) groups excluding carboxylic acids is 1. The zero-order valence-electron chi connectivity index (χ0n) is 22.4. The molecule has 2 N–H and O–H groups in total. The van der Waals surface area contributed by atoms with E-state index in [9.17, 15) is 13.2 Å². The molecule has 198 valence electrons. The van der Waals surface area contributed by atoms with Crippen LogP contribution in [0, 0.1) is 0 Å². The van der Waals surface area contributed by atoms with Crippen LogP contribution in [0.15, 0.2) is 35.2 Å². The van der Waals surface area contributed by atoms with Gasteiger partial charge in [-0.1, -0.05) is 26.8 Å². The molecule has 9 heteroatoms. The fourth-order valence-corrected chi connectivity index (χ4v) is 6.63. The Balaban J connectivity index is 1.67. The predicted molar refractivity (Wildman–Crippen MR) is 146 cm³/mol. The van der Waals surface area contributed by atoms with Gasteiger partial charge in [0.15, 0.2) is 5.78 Å². The number of anilines is 1. The molecular formula is C28H36N4O4S. The Hall–Kier alpha value is -2.88. The van der Waals surface area contributed by atoms with Crippen molar-refractivity contribution in [1.29, 1.82) is 0 Å². The number of ketones is 1. The van der Waals surface area contributed by atoms with E-state index in [4.69, 9.17) is 4.74 Å². The van der Waals surface area contributed by atoms with Gasteiger partial charge in [-0.05, 0) is 49.2 Å². The first-order valence-corrected chi connectivity index (χ1v) is 14.3. The lowest BCUT2D eigenvalue weighted by Gasteiger charge is -2.35. The van der Waals surface area contributed by atoms with Crippen LogP contribution in [0.3, 0.4) is 0 Å². The number of aromatic amines is 1. The molecule has 1 aliphatic heterocycles. The topological polar surface area (TPSA) is 94.7 Å². The number of hydrogen-bond acceptors (Lipinski definition) is 6. The summed E-state index contributed by atoms with van der Waals surface area (Å²) in [5, 5.41) is 3.97. The van der Waals surface area contributed by atoms with Crippen molar-refractivity contribution in [2.24, 2.45) is 0 Å². The molecular weight excluding hydrogens is 488 g/mol. The summed E-state index contributed by atoms with van der Waals surface area (Å²) < 4.78 is 34.5. The maximum atomic E-state index is 14.0. The Morgan fingerprint density at radius 2 is 1.86 bits per heavy atom. The lowest BCUT2D eigenvalue weighted by atomic mass is 9.71. The Labute approximate surface area is 219 Å². The normalized spacial score (nSPS) is 18.2. The van der Waals surface area contributed by atoms with E-state index in [-0.39, 0.29) is 16.8 Å². The molecule has 0 atom stereocenters. The van der Waals surface area contributed by atoms with Gasteiger partial charge >= 0.3 is 0 Å². The SMILES string of the molecule is CCN1CCC(Oc2cc3c(cc2S(=O)(=O)N(C)C)C(=O)c2c([nH]c4cc(NC)ccc24)C3(C)C)CC1. The lowest BCUT2D eigenvalue weighted by molar-refractivity contribution is 0.100. The maximum Gasteiger partial charge on any atom is 0.246 e. The number of carbonyl (C=O) groups is 1. The fourth-order valence-electron chi connectivity index (χ4n) is 5.61. The molecule has 3 aromatic rings. The summed E-state index contributed by atoms with van der Waals surface area (Å²) in [5.41, 5.74) is 3.85. The van der Waals surface area contributed by atoms with Crippen LogP contribution in [0.5, 0.6) is 5.75 Å². The number of ether oxygens (including phenoxy) is 1. The standard InChI is InChI=1S/C28H36N4O4S/c1-7-32-12-10-18(11-13-32)36-23-16-21-20(15-24(23)37(34,35)31(5)6)26(33)25-19-9-8-17(29-4)14-22(19)30-27(25)28(21,2)3/h8-9,14-16,18,29-30H,7,10-13H2,1-6H3. The summed E-state index contributed by atoms with van der Waals surface area (Å²) in [6.45, 7) is 9.09. The van der Waals surface area contributed by atoms with Crippen LogP contribution in [0.25, 0.3) is 10.9 Å². The van der Waals surface area contributed by atoms with Crippen LogP contribution in [0.2, 0.25) is 0 Å². The number of likely N-dealkylation sites (tertiary alicyclic amines) is 1. The van der Waals surface area contributed by atoms with E-state index in [0.717, 1.165) is 60.3 Å². The van der Waals surface area contributed by atoms with E-state index >= 15 is 0 Å². The van der Waals surface area contributed by atoms with Crippen molar-refractivity contribution in [1.82, 2.24) is 14.2 Å². The van der Waals surface area contributed by atoms with Crippen molar-refractivity contribution in [3.63, 3.8) is 0 Å². The summed E-state index contributed by atoms with van der Waals surface area (Å²) in [6, 6.07) is 9.20. The van der Waals surface area contributed by atoms with Crippen molar-refractivity contribution in [3.8, 4) is 5.75 Å². The fraction of sp³-hybridized carbons (Fsp3) is 0.464. The first-order chi connectivity index (χ1) is 17.5. The maximum absolute atomic E-state index is 14.0. The first kappa shape index (κ1) is 25.8. The number of benzene rings is 2. The van der Waals surface area contributed by atoms with Gasteiger partial charge in [-0.25, -0.2) is 12.7 Å². The monoisotopic (exact) mass is 524 g/mol. The second kappa shape index (κ2) is 9.15. The Bertz CT molecular complexity index is 1480. The molecule has 1 fully saturated rings. The highest BCUT2D eigenvalue weighted by molar-refractivity contribution is 7.89. The van der Waals surface area contributed by atoms with Gasteiger partial charge in [0.05, 0.1) is 5.56 Å². The van der Waals surface area contributed by atoms with Gasteiger partial charge in [0.25, 0.3) is 0 Å². The minimum atomic E-state index is -3.85. The molecule has 37 heavy (non-hydrogen) atoms. The second-order valence-corrected chi connectivity index (χ2v) is 12.8. The van der Waals surface area contributed by atoms with Gasteiger partial charge in [0, 0.05) is 67.5 Å². The van der Waals surface area contributed by atoms with E-state index in [1.165, 1.54) is 24.5 Å². The van der Waals surface area contributed by atoms with E-state index in [1.807, 2.05) is 25.2 Å². The Kier molecular flexibility index (Phi) is 6.37. The molecule has 0 amide bonds. The van der Waals surface area contributed by atoms with E-state index in [2.05, 4.69) is 36.0 Å². The van der Waals surface area contributed by atoms with Gasteiger partial charge in [-0.3, -0.25) is 4.79 Å². The molecule has 2 aromatic carbocycles. The van der Waals surface area contributed by atoms with Crippen LogP contribution >= 0.6 is 0 Å². The predicted octanol–water partition coefficient (Wildman–Crippen LogP) is 4.19. The largest absolute Gasteiger partial charge is 0.489 e. The van der Waals surface area contributed by atoms with Gasteiger partial charge in [-0.2, -0.15) is 0 Å². The molecule has 1 aromatic heterocycles. The summed E-state index contributed by atoms with van der Waals surface area (Å²) in [7, 11) is 1.00. The van der Waals surface area contributed by atoms with Crippen LogP contribution in [-0.2, 0) is 15.4 Å². The molecule has 0 unspecified atom stereocenters. The number of nitrogens with one attached hydrogen (secondary N) is 2. The van der Waals surface area contributed by atoms with E-state index in [0.29, 0.717) is 16.9 Å². The van der Waals surface area contributed by atoms with Crippen molar-refractivity contribution >= 4 is 32.4 Å². The molecule has 1 saturated heterocycles. The number of H-pyrrole nitrogens is 1. The summed E-state index contributed by atoms with van der Waals surface area (Å²) in [4.78, 5) is 19.9. The Morgan fingerprint density at radius 1 is 1.16 bits per heavy atom. The van der Waals surface area contributed by atoms with Crippen LogP contribution in [0.4, 0.5) is 5.69 Å². The average molecular weight is 525 g/mol. The van der Waals surface area contributed by atoms with Gasteiger partial charge in [0.1, 0.15) is 16.7 Å². The number of nitrogens with zero attached hydrogens (tertiary/aromatic N) is 2. The quantitative estimate of drug-likeness (QED) is 0.502. The third-order valence-electron chi connectivity index (χ3n) is 7.98. The van der Waals surface area contributed by atoms with Crippen molar-refractivity contribution in [2.45, 2.75) is 50.0 Å². The summed E-state index contributed by atoms with van der Waals surface area (Å²) in [6.07, 6.45) is 1.58. The van der Waals surface area contributed by atoms with Crippen molar-refractivity contribution < 1.29 is 17.9 Å². The minimum Gasteiger partial charge on any atom is -0.489 e. The second-order valence-electron chi connectivity index (χ2n) is 10.7. The van der Waals surface area contributed by atoms with E-state index in [1.54, 1.807) is 6.07 Å². The lowest BCUT2D eigenvalue weighted by Crippen LogP contribution is -2.38. The highest BCUT2D eigenvalue weighted by Crippen LogP contribution is 2.46. The third kappa shape index (κ3) is 4.13. The molecule has 0 saturated carbocycles. The first-order valence-electron chi connectivity index (χ1n) is 12.9. The highest BCUT2D eigenvalue weighted by atomic mass is 32.2. The molecule has 2 aliphatic rings. The van der Waals surface area contributed by atoms with Crippen LogP contribution in [-0.4, -0.2) is 75.3 Å². The number of piperidine rings is 1. The van der Waals surface area contributed by atoms with Crippen molar-refractivity contribution in [3.05, 3.63) is 52.7 Å². The van der Waals surface area contributed by atoms with Gasteiger partial charge < -0.3 is 19.9 Å². The number of fused-ring (bicyclic) bond motifs is 4. The van der Waals surface area contributed by atoms with E-state index < -0.39 is 15.4 Å². The number of aromatic nitrogens is 1. The van der Waals surface area contributed by atoms with Crippen molar-refractivity contribution in [2.75, 3.05) is 46.1 Å². The minimum absolute atomic E-state index is 0.0408. The van der Waals surface area contributed by atoms with Gasteiger partial charge in [0.2, 0.25) is 10.0 Å². The molecule has 0 spiro atoms. The smallest absolute Gasteiger partial charge is 0.246 e. The zero-order chi connectivity index (χ0) is 26.7. The molecule has 5 rings (SSSR count). The average Bonchev–Trinajstić information content (AvgIpc) is 3.27. The van der Waals surface area contributed by atoms with Crippen LogP contribution in [0.1, 0.15) is 60.8 Å². The number of rotatable bonds is 6. The van der Waals surface area contributed by atoms with Gasteiger partial charge in [-0.15, -0.1) is 0 Å². The molecule has 0 radical (unpaired) electrons. The van der Waals surface area contributed by atoms with Crippen LogP contribution < -0.4 is 10.1 Å². The molecule has 8 nitrogen and oxygen atoms in total.